The van der Waals surface area contributed by atoms with Gasteiger partial charge in [0.05, 0.1) is 0 Å². The Morgan fingerprint density at radius 3 is 3.00 bits per heavy atom. The number of hydrogen-bond acceptors (Lipinski definition) is 3. The van der Waals surface area contributed by atoms with E-state index in [9.17, 15) is 4.79 Å². The third-order valence-corrected chi connectivity index (χ3v) is 4.67. The van der Waals surface area contributed by atoms with Crippen LogP contribution in [0.1, 0.15) is 30.8 Å². The van der Waals surface area contributed by atoms with E-state index in [0.29, 0.717) is 10.7 Å². The monoisotopic (exact) mass is 284 g/mol. The van der Waals surface area contributed by atoms with Crippen LogP contribution in [0.2, 0.25) is 5.02 Å². The molecule has 0 radical (unpaired) electrons. The second-order valence-corrected chi connectivity index (χ2v) is 7.25. The van der Waals surface area contributed by atoms with Crippen LogP contribution in [0.5, 0.6) is 0 Å². The van der Waals surface area contributed by atoms with Gasteiger partial charge >= 0.3 is 0 Å². The van der Waals surface area contributed by atoms with Crippen LogP contribution in [0, 0.1) is 0 Å². The first-order valence-electron chi connectivity index (χ1n) is 6.03. The van der Waals surface area contributed by atoms with Gasteiger partial charge in [-0.1, -0.05) is 25.4 Å². The Hall–Kier alpha value is -0.740. The molecular weight excluding hydrogens is 268 g/mol. The number of nitrogens with zero attached hydrogens (tertiary/aromatic N) is 2. The number of carbonyl (C=O) groups excluding carboxylic acids is 1. The average Bonchev–Trinajstić information content (AvgIpc) is 2.49. The van der Waals surface area contributed by atoms with Gasteiger partial charge in [-0.3, -0.25) is 9.78 Å². The molecule has 0 saturated carbocycles. The summed E-state index contributed by atoms with van der Waals surface area (Å²) < 4.78 is 0.247. The third-order valence-electron chi connectivity index (χ3n) is 3.07. The molecule has 0 atom stereocenters. The molecule has 2 rings (SSSR count). The van der Waals surface area contributed by atoms with Crippen LogP contribution in [0.3, 0.4) is 0 Å². The Morgan fingerprint density at radius 1 is 1.50 bits per heavy atom. The highest BCUT2D eigenvalue weighted by molar-refractivity contribution is 8.00. The molecule has 1 amide bonds. The summed E-state index contributed by atoms with van der Waals surface area (Å²) in [6.07, 6.45) is 2.58. The van der Waals surface area contributed by atoms with Crippen molar-refractivity contribution in [1.29, 1.82) is 0 Å². The molecule has 1 aliphatic rings. The molecule has 0 bridgehead atoms. The van der Waals surface area contributed by atoms with Gasteiger partial charge in [-0.05, 0) is 18.6 Å². The maximum atomic E-state index is 12.3. The lowest BCUT2D eigenvalue weighted by molar-refractivity contribution is 0.0758. The quantitative estimate of drug-likeness (QED) is 0.794. The predicted molar refractivity (Wildman–Crippen MR) is 76.3 cm³/mol. The first kappa shape index (κ1) is 13.7. The maximum absolute atomic E-state index is 12.3. The van der Waals surface area contributed by atoms with Gasteiger partial charge in [0.15, 0.2) is 0 Å². The number of halogens is 1. The number of rotatable bonds is 1. The van der Waals surface area contributed by atoms with Crippen molar-refractivity contribution in [3.05, 3.63) is 29.0 Å². The standard InChI is InChI=1S/C13H17ClN2OS/c1-13(2)4-6-16(7-8-18-13)12(17)11-9-10(14)3-5-15-11/h3,5,9H,4,6-8H2,1-2H3. The number of carbonyl (C=O) groups is 1. The number of amides is 1. The molecule has 1 aromatic heterocycles. The molecule has 3 nitrogen and oxygen atoms in total. The van der Waals surface area contributed by atoms with Crippen LogP contribution in [0.15, 0.2) is 18.3 Å². The van der Waals surface area contributed by atoms with E-state index < -0.39 is 0 Å². The summed E-state index contributed by atoms with van der Waals surface area (Å²) in [4.78, 5) is 18.3. The highest BCUT2D eigenvalue weighted by atomic mass is 35.5. The SMILES string of the molecule is CC1(C)CCN(C(=O)c2cc(Cl)ccn2)CCS1. The predicted octanol–water partition coefficient (Wildman–Crippen LogP) is 3.09. The van der Waals surface area contributed by atoms with Crippen molar-refractivity contribution in [2.75, 3.05) is 18.8 Å². The van der Waals surface area contributed by atoms with Gasteiger partial charge in [0, 0.05) is 34.8 Å². The summed E-state index contributed by atoms with van der Waals surface area (Å²) in [7, 11) is 0. The van der Waals surface area contributed by atoms with E-state index in [4.69, 9.17) is 11.6 Å². The smallest absolute Gasteiger partial charge is 0.272 e. The molecule has 1 fully saturated rings. The van der Waals surface area contributed by atoms with E-state index in [1.54, 1.807) is 18.3 Å². The molecule has 2 heterocycles. The second-order valence-electron chi connectivity index (χ2n) is 5.01. The Balaban J connectivity index is 2.10. The maximum Gasteiger partial charge on any atom is 0.272 e. The van der Waals surface area contributed by atoms with Crippen molar-refractivity contribution in [2.45, 2.75) is 25.0 Å². The normalized spacial score (nSPS) is 19.4. The van der Waals surface area contributed by atoms with E-state index in [1.165, 1.54) is 0 Å². The number of thioether (sulfide) groups is 1. The molecule has 5 heteroatoms. The van der Waals surface area contributed by atoms with E-state index in [2.05, 4.69) is 18.8 Å². The largest absolute Gasteiger partial charge is 0.336 e. The van der Waals surface area contributed by atoms with E-state index in [-0.39, 0.29) is 10.7 Å². The molecule has 0 aromatic carbocycles. The van der Waals surface area contributed by atoms with Crippen LogP contribution >= 0.6 is 23.4 Å². The van der Waals surface area contributed by atoms with Gasteiger partial charge in [-0.15, -0.1) is 0 Å². The van der Waals surface area contributed by atoms with Gasteiger partial charge in [-0.2, -0.15) is 11.8 Å². The first-order chi connectivity index (χ1) is 8.48. The zero-order chi connectivity index (χ0) is 13.2. The molecule has 1 aromatic rings. The zero-order valence-electron chi connectivity index (χ0n) is 10.6. The van der Waals surface area contributed by atoms with Crippen LogP contribution in [0.4, 0.5) is 0 Å². The lowest BCUT2D eigenvalue weighted by Gasteiger charge is -2.22. The van der Waals surface area contributed by atoms with Crippen molar-refractivity contribution in [3.63, 3.8) is 0 Å². The summed E-state index contributed by atoms with van der Waals surface area (Å²) >= 11 is 7.81. The average molecular weight is 285 g/mol. The number of hydrogen-bond donors (Lipinski definition) is 0. The van der Waals surface area contributed by atoms with Crippen LogP contribution in [0.25, 0.3) is 0 Å². The molecule has 1 saturated heterocycles. The Kier molecular flexibility index (Phi) is 4.17. The minimum Gasteiger partial charge on any atom is -0.336 e. The van der Waals surface area contributed by atoms with E-state index in [1.807, 2.05) is 16.7 Å². The Labute approximate surface area is 117 Å². The van der Waals surface area contributed by atoms with Gasteiger partial charge in [-0.25, -0.2) is 0 Å². The molecular formula is C13H17ClN2OS. The lowest BCUT2D eigenvalue weighted by atomic mass is 10.1. The number of pyridine rings is 1. The second kappa shape index (κ2) is 5.49. The zero-order valence-corrected chi connectivity index (χ0v) is 12.2. The fourth-order valence-electron chi connectivity index (χ4n) is 1.91. The summed E-state index contributed by atoms with van der Waals surface area (Å²) in [6, 6.07) is 3.31. The highest BCUT2D eigenvalue weighted by Gasteiger charge is 2.26. The molecule has 18 heavy (non-hydrogen) atoms. The van der Waals surface area contributed by atoms with E-state index in [0.717, 1.165) is 25.3 Å². The number of aromatic nitrogens is 1. The van der Waals surface area contributed by atoms with Gasteiger partial charge < -0.3 is 4.90 Å². The Morgan fingerprint density at radius 2 is 2.28 bits per heavy atom. The first-order valence-corrected chi connectivity index (χ1v) is 7.39. The summed E-state index contributed by atoms with van der Waals surface area (Å²) in [5.41, 5.74) is 0.437. The minimum atomic E-state index is -0.0178. The van der Waals surface area contributed by atoms with Crippen molar-refractivity contribution >= 4 is 29.3 Å². The van der Waals surface area contributed by atoms with Crippen LogP contribution in [-0.2, 0) is 0 Å². The highest BCUT2D eigenvalue weighted by Crippen LogP contribution is 2.31. The molecule has 0 unspecified atom stereocenters. The topological polar surface area (TPSA) is 33.2 Å². The fourth-order valence-corrected chi connectivity index (χ4v) is 3.17. The van der Waals surface area contributed by atoms with E-state index >= 15 is 0 Å². The molecule has 0 spiro atoms. The van der Waals surface area contributed by atoms with Crippen molar-refractivity contribution in [1.82, 2.24) is 9.88 Å². The van der Waals surface area contributed by atoms with Gasteiger partial charge in [0.25, 0.3) is 5.91 Å². The third kappa shape index (κ3) is 3.39. The summed E-state index contributed by atoms with van der Waals surface area (Å²) in [5, 5.41) is 0.554. The van der Waals surface area contributed by atoms with Crippen molar-refractivity contribution < 1.29 is 4.79 Å². The van der Waals surface area contributed by atoms with Crippen molar-refractivity contribution in [2.24, 2.45) is 0 Å². The van der Waals surface area contributed by atoms with Crippen LogP contribution in [-0.4, -0.2) is 39.4 Å². The Bertz CT molecular complexity index is 450. The van der Waals surface area contributed by atoms with Crippen molar-refractivity contribution in [3.8, 4) is 0 Å². The summed E-state index contributed by atoms with van der Waals surface area (Å²) in [5.74, 6) is 0.954. The molecule has 1 aliphatic heterocycles. The van der Waals surface area contributed by atoms with Gasteiger partial charge in [0.1, 0.15) is 5.69 Å². The minimum absolute atomic E-state index is 0.0178. The van der Waals surface area contributed by atoms with Gasteiger partial charge in [0.2, 0.25) is 0 Å². The lowest BCUT2D eigenvalue weighted by Crippen LogP contribution is -2.34. The molecule has 0 N–H and O–H groups in total. The fraction of sp³-hybridized carbons (Fsp3) is 0.538. The molecule has 0 aliphatic carbocycles. The van der Waals surface area contributed by atoms with Crippen LogP contribution < -0.4 is 0 Å². The summed E-state index contributed by atoms with van der Waals surface area (Å²) in [6.45, 7) is 6.01. The molecule has 98 valence electrons.